The SMILES string of the molecule is COc1ccc(C(=C2CC(C)(C)CC(C)(C)C2)c2ccc(NS(C)(=O)=O)cc2)cc1. The lowest BCUT2D eigenvalue weighted by molar-refractivity contribution is 0.154. The lowest BCUT2D eigenvalue weighted by Crippen LogP contribution is -2.30. The van der Waals surface area contributed by atoms with Gasteiger partial charge in [-0.25, -0.2) is 8.42 Å². The summed E-state index contributed by atoms with van der Waals surface area (Å²) in [7, 11) is -1.62. The van der Waals surface area contributed by atoms with Crippen molar-refractivity contribution in [2.45, 2.75) is 47.0 Å². The van der Waals surface area contributed by atoms with E-state index in [4.69, 9.17) is 4.74 Å². The summed E-state index contributed by atoms with van der Waals surface area (Å²) in [6.45, 7) is 9.38. The molecule has 0 heterocycles. The molecule has 1 N–H and O–H groups in total. The molecule has 30 heavy (non-hydrogen) atoms. The summed E-state index contributed by atoms with van der Waals surface area (Å²) < 4.78 is 31.0. The van der Waals surface area contributed by atoms with Crippen LogP contribution >= 0.6 is 0 Å². The van der Waals surface area contributed by atoms with Gasteiger partial charge in [0.25, 0.3) is 0 Å². The Morgan fingerprint density at radius 2 is 1.33 bits per heavy atom. The minimum atomic E-state index is -3.30. The molecule has 1 aliphatic carbocycles. The van der Waals surface area contributed by atoms with Crippen molar-refractivity contribution in [2.24, 2.45) is 10.8 Å². The number of nitrogens with one attached hydrogen (secondary N) is 1. The fourth-order valence-corrected chi connectivity index (χ4v) is 5.63. The molecule has 1 fully saturated rings. The Balaban J connectivity index is 2.12. The second-order valence-electron chi connectivity index (χ2n) is 10.0. The molecule has 162 valence electrons. The molecule has 1 saturated carbocycles. The lowest BCUT2D eigenvalue weighted by Gasteiger charge is -2.43. The van der Waals surface area contributed by atoms with Gasteiger partial charge >= 0.3 is 0 Å². The van der Waals surface area contributed by atoms with Crippen molar-refractivity contribution >= 4 is 21.3 Å². The third-order valence-corrected chi connectivity index (χ3v) is 6.16. The normalized spacial score (nSPS) is 18.0. The molecule has 0 bridgehead atoms. The molecule has 1 aliphatic rings. The molecule has 0 aliphatic heterocycles. The number of methoxy groups -OCH3 is 1. The number of ether oxygens (including phenoxy) is 1. The van der Waals surface area contributed by atoms with Gasteiger partial charge in [-0.1, -0.05) is 57.5 Å². The minimum absolute atomic E-state index is 0.229. The third-order valence-electron chi connectivity index (χ3n) is 5.55. The van der Waals surface area contributed by atoms with Gasteiger partial charge in [0.05, 0.1) is 13.4 Å². The van der Waals surface area contributed by atoms with Gasteiger partial charge in [0.1, 0.15) is 5.75 Å². The second-order valence-corrected chi connectivity index (χ2v) is 11.8. The van der Waals surface area contributed by atoms with E-state index in [0.717, 1.165) is 36.0 Å². The van der Waals surface area contributed by atoms with E-state index in [1.165, 1.54) is 17.6 Å². The predicted molar refractivity (Wildman–Crippen MR) is 125 cm³/mol. The molecule has 0 unspecified atom stereocenters. The van der Waals surface area contributed by atoms with Crippen LogP contribution in [0.2, 0.25) is 0 Å². The number of sulfonamides is 1. The maximum Gasteiger partial charge on any atom is 0.229 e. The molecule has 0 radical (unpaired) electrons. The van der Waals surface area contributed by atoms with Gasteiger partial charge in [0.2, 0.25) is 10.0 Å². The first-order valence-electron chi connectivity index (χ1n) is 10.3. The molecule has 0 amide bonds. The zero-order valence-corrected chi connectivity index (χ0v) is 19.7. The molecular formula is C25H33NO3S. The fourth-order valence-electron chi connectivity index (χ4n) is 5.07. The zero-order valence-electron chi connectivity index (χ0n) is 18.9. The van der Waals surface area contributed by atoms with E-state index in [0.29, 0.717) is 5.69 Å². The van der Waals surface area contributed by atoms with Crippen LogP contribution in [0.4, 0.5) is 5.69 Å². The summed E-state index contributed by atoms with van der Waals surface area (Å²) in [4.78, 5) is 0. The van der Waals surface area contributed by atoms with Crippen LogP contribution in [0.3, 0.4) is 0 Å². The van der Waals surface area contributed by atoms with Crippen LogP contribution in [0.15, 0.2) is 54.1 Å². The Bertz CT molecular complexity index is 1010. The Morgan fingerprint density at radius 3 is 1.77 bits per heavy atom. The van der Waals surface area contributed by atoms with Crippen LogP contribution in [-0.2, 0) is 10.0 Å². The molecule has 0 atom stereocenters. The average Bonchev–Trinajstić information content (AvgIpc) is 2.60. The van der Waals surface area contributed by atoms with E-state index in [1.807, 2.05) is 36.4 Å². The minimum Gasteiger partial charge on any atom is -0.497 e. The third kappa shape index (κ3) is 5.66. The van der Waals surface area contributed by atoms with Gasteiger partial charge in [0, 0.05) is 5.69 Å². The van der Waals surface area contributed by atoms with Crippen molar-refractivity contribution in [3.05, 3.63) is 65.2 Å². The number of benzene rings is 2. The second kappa shape index (κ2) is 8.10. The van der Waals surface area contributed by atoms with Crippen LogP contribution in [0.1, 0.15) is 58.1 Å². The average molecular weight is 428 g/mol. The molecule has 4 nitrogen and oxygen atoms in total. The first-order valence-corrected chi connectivity index (χ1v) is 12.2. The molecule has 2 aromatic rings. The monoisotopic (exact) mass is 427 g/mol. The van der Waals surface area contributed by atoms with Gasteiger partial charge in [0.15, 0.2) is 0 Å². The molecule has 0 spiro atoms. The summed E-state index contributed by atoms with van der Waals surface area (Å²) in [6.07, 6.45) is 4.44. The summed E-state index contributed by atoms with van der Waals surface area (Å²) in [5.74, 6) is 0.833. The summed E-state index contributed by atoms with van der Waals surface area (Å²) >= 11 is 0. The Kier molecular flexibility index (Phi) is 6.06. The summed E-state index contributed by atoms with van der Waals surface area (Å²) in [5.41, 5.74) is 5.98. The maximum absolute atomic E-state index is 11.6. The zero-order chi connectivity index (χ0) is 22.2. The fraction of sp³-hybridized carbons (Fsp3) is 0.440. The summed E-state index contributed by atoms with van der Waals surface area (Å²) in [5, 5.41) is 0. The van der Waals surface area contributed by atoms with Gasteiger partial charge in [-0.3, -0.25) is 4.72 Å². The number of hydrogen-bond donors (Lipinski definition) is 1. The highest BCUT2D eigenvalue weighted by atomic mass is 32.2. The Hall–Kier alpha value is -2.27. The molecule has 0 aromatic heterocycles. The van der Waals surface area contributed by atoms with Crippen molar-refractivity contribution in [3.8, 4) is 5.75 Å². The van der Waals surface area contributed by atoms with Crippen LogP contribution in [0, 0.1) is 10.8 Å². The van der Waals surface area contributed by atoms with Gasteiger partial charge in [-0.15, -0.1) is 0 Å². The quantitative estimate of drug-likeness (QED) is 0.627. The first-order chi connectivity index (χ1) is 13.9. The molecule has 0 saturated heterocycles. The van der Waals surface area contributed by atoms with E-state index in [2.05, 4.69) is 44.5 Å². The molecular weight excluding hydrogens is 394 g/mol. The van der Waals surface area contributed by atoms with Crippen LogP contribution in [0.25, 0.3) is 5.57 Å². The van der Waals surface area contributed by atoms with Crippen LogP contribution in [-0.4, -0.2) is 21.8 Å². The van der Waals surface area contributed by atoms with Crippen molar-refractivity contribution in [1.82, 2.24) is 0 Å². The Labute approximate surface area is 181 Å². The smallest absolute Gasteiger partial charge is 0.229 e. The van der Waals surface area contributed by atoms with E-state index < -0.39 is 10.0 Å². The molecule has 5 heteroatoms. The van der Waals surface area contributed by atoms with Crippen LogP contribution in [0.5, 0.6) is 5.75 Å². The molecule has 2 aromatic carbocycles. The number of hydrogen-bond acceptors (Lipinski definition) is 3. The van der Waals surface area contributed by atoms with Gasteiger partial charge < -0.3 is 4.74 Å². The van der Waals surface area contributed by atoms with Crippen molar-refractivity contribution in [2.75, 3.05) is 18.1 Å². The van der Waals surface area contributed by atoms with E-state index >= 15 is 0 Å². The van der Waals surface area contributed by atoms with E-state index in [1.54, 1.807) is 7.11 Å². The Morgan fingerprint density at radius 1 is 0.867 bits per heavy atom. The van der Waals surface area contributed by atoms with Crippen molar-refractivity contribution in [3.63, 3.8) is 0 Å². The standard InChI is InChI=1S/C25H33NO3S/c1-24(2)15-20(16-25(3,4)17-24)23(19-9-13-22(29-5)14-10-19)18-7-11-21(12-8-18)26-30(6,27)28/h7-14,26H,15-17H2,1-6H3. The number of anilines is 1. The highest BCUT2D eigenvalue weighted by Crippen LogP contribution is 2.50. The number of rotatable bonds is 5. The lowest BCUT2D eigenvalue weighted by atomic mass is 9.62. The maximum atomic E-state index is 11.6. The largest absolute Gasteiger partial charge is 0.497 e. The highest BCUT2D eigenvalue weighted by Gasteiger charge is 2.37. The van der Waals surface area contributed by atoms with Gasteiger partial charge in [-0.05, 0) is 71.1 Å². The van der Waals surface area contributed by atoms with Crippen molar-refractivity contribution in [1.29, 1.82) is 0 Å². The topological polar surface area (TPSA) is 55.4 Å². The summed E-state index contributed by atoms with van der Waals surface area (Å²) in [6, 6.07) is 15.9. The first kappa shape index (κ1) is 22.4. The van der Waals surface area contributed by atoms with E-state index in [9.17, 15) is 8.42 Å². The van der Waals surface area contributed by atoms with Crippen molar-refractivity contribution < 1.29 is 13.2 Å². The van der Waals surface area contributed by atoms with Crippen LogP contribution < -0.4 is 9.46 Å². The van der Waals surface area contributed by atoms with Gasteiger partial charge in [-0.2, -0.15) is 0 Å². The van der Waals surface area contributed by atoms with E-state index in [-0.39, 0.29) is 10.8 Å². The highest BCUT2D eigenvalue weighted by molar-refractivity contribution is 7.92. The number of allylic oxidation sites excluding steroid dienone is 1. The molecule has 3 rings (SSSR count). The predicted octanol–water partition coefficient (Wildman–Crippen LogP) is 6.10.